The van der Waals surface area contributed by atoms with Gasteiger partial charge in [0.1, 0.15) is 12.2 Å². The van der Waals surface area contributed by atoms with Crippen LogP contribution in [0.4, 0.5) is 0 Å². The lowest BCUT2D eigenvalue weighted by Crippen LogP contribution is -2.37. The SMILES string of the molecule is CCC(NCc1ncnn1CC)C1CCCCC1. The molecule has 1 saturated carbocycles. The highest BCUT2D eigenvalue weighted by atomic mass is 15.3. The molecule has 0 amide bonds. The van der Waals surface area contributed by atoms with E-state index in [4.69, 9.17) is 0 Å². The third-order valence-electron chi connectivity index (χ3n) is 4.18. The lowest BCUT2D eigenvalue weighted by molar-refractivity contribution is 0.259. The van der Waals surface area contributed by atoms with Crippen molar-refractivity contribution in [2.24, 2.45) is 5.92 Å². The number of rotatable bonds is 6. The molecule has 2 rings (SSSR count). The molecule has 1 fully saturated rings. The standard InChI is InChI=1S/C14H26N4/c1-3-13(12-8-6-5-7-9-12)15-10-14-16-11-17-18(14)4-2/h11-13,15H,3-10H2,1-2H3. The second kappa shape index (κ2) is 6.88. The molecule has 1 unspecified atom stereocenters. The molecule has 1 aliphatic rings. The Kier molecular flexibility index (Phi) is 5.17. The fraction of sp³-hybridized carbons (Fsp3) is 0.857. The second-order valence-electron chi connectivity index (χ2n) is 5.29. The van der Waals surface area contributed by atoms with Gasteiger partial charge >= 0.3 is 0 Å². The van der Waals surface area contributed by atoms with Crippen LogP contribution in [0.25, 0.3) is 0 Å². The van der Waals surface area contributed by atoms with Gasteiger partial charge in [0.25, 0.3) is 0 Å². The topological polar surface area (TPSA) is 42.7 Å². The lowest BCUT2D eigenvalue weighted by Gasteiger charge is -2.30. The Morgan fingerprint density at radius 1 is 1.33 bits per heavy atom. The van der Waals surface area contributed by atoms with Crippen molar-refractivity contribution in [3.8, 4) is 0 Å². The molecule has 18 heavy (non-hydrogen) atoms. The van der Waals surface area contributed by atoms with Crippen LogP contribution in [0.15, 0.2) is 6.33 Å². The van der Waals surface area contributed by atoms with Crippen molar-refractivity contribution < 1.29 is 0 Å². The average molecular weight is 250 g/mol. The van der Waals surface area contributed by atoms with E-state index in [0.29, 0.717) is 6.04 Å². The molecule has 4 nitrogen and oxygen atoms in total. The summed E-state index contributed by atoms with van der Waals surface area (Å²) in [6.07, 6.45) is 9.91. The van der Waals surface area contributed by atoms with Crippen molar-refractivity contribution >= 4 is 0 Å². The number of nitrogens with zero attached hydrogens (tertiary/aromatic N) is 3. The summed E-state index contributed by atoms with van der Waals surface area (Å²) in [5.41, 5.74) is 0. The van der Waals surface area contributed by atoms with Gasteiger partial charge in [-0.15, -0.1) is 0 Å². The zero-order chi connectivity index (χ0) is 12.8. The molecule has 1 aromatic rings. The Morgan fingerprint density at radius 2 is 2.11 bits per heavy atom. The number of aryl methyl sites for hydroxylation is 1. The molecule has 1 aliphatic carbocycles. The van der Waals surface area contributed by atoms with Crippen molar-refractivity contribution in [3.63, 3.8) is 0 Å². The number of aromatic nitrogens is 3. The van der Waals surface area contributed by atoms with Crippen molar-refractivity contribution in [1.29, 1.82) is 0 Å². The molecule has 0 spiro atoms. The molecular weight excluding hydrogens is 224 g/mol. The van der Waals surface area contributed by atoms with Crippen LogP contribution < -0.4 is 5.32 Å². The summed E-state index contributed by atoms with van der Waals surface area (Å²) in [6, 6.07) is 0.646. The number of nitrogens with one attached hydrogen (secondary N) is 1. The van der Waals surface area contributed by atoms with E-state index >= 15 is 0 Å². The van der Waals surface area contributed by atoms with E-state index in [9.17, 15) is 0 Å². The largest absolute Gasteiger partial charge is 0.307 e. The van der Waals surface area contributed by atoms with Crippen LogP contribution in [0.3, 0.4) is 0 Å². The van der Waals surface area contributed by atoms with Crippen LogP contribution in [-0.2, 0) is 13.1 Å². The van der Waals surface area contributed by atoms with E-state index in [1.54, 1.807) is 6.33 Å². The van der Waals surface area contributed by atoms with Gasteiger partial charge < -0.3 is 5.32 Å². The Hall–Kier alpha value is -0.900. The molecule has 102 valence electrons. The third kappa shape index (κ3) is 3.31. The van der Waals surface area contributed by atoms with E-state index in [1.165, 1.54) is 38.5 Å². The molecule has 1 aromatic heterocycles. The molecule has 0 aliphatic heterocycles. The summed E-state index contributed by atoms with van der Waals surface area (Å²) >= 11 is 0. The summed E-state index contributed by atoms with van der Waals surface area (Å²) in [5, 5.41) is 7.91. The zero-order valence-electron chi connectivity index (χ0n) is 11.7. The van der Waals surface area contributed by atoms with Gasteiger partial charge in [-0.05, 0) is 32.1 Å². The molecular formula is C14H26N4. The minimum absolute atomic E-state index is 0.646. The molecule has 4 heteroatoms. The summed E-state index contributed by atoms with van der Waals surface area (Å²) in [6.45, 7) is 6.15. The minimum Gasteiger partial charge on any atom is -0.307 e. The van der Waals surface area contributed by atoms with E-state index in [1.807, 2.05) is 4.68 Å². The predicted molar refractivity (Wildman–Crippen MR) is 73.2 cm³/mol. The van der Waals surface area contributed by atoms with Crippen molar-refractivity contribution in [2.75, 3.05) is 0 Å². The Bertz CT molecular complexity index is 341. The van der Waals surface area contributed by atoms with Gasteiger partial charge in [0.2, 0.25) is 0 Å². The van der Waals surface area contributed by atoms with Gasteiger partial charge in [-0.3, -0.25) is 0 Å². The van der Waals surface area contributed by atoms with Crippen molar-refractivity contribution in [1.82, 2.24) is 20.1 Å². The summed E-state index contributed by atoms with van der Waals surface area (Å²) in [5.74, 6) is 1.92. The average Bonchev–Trinajstić information content (AvgIpc) is 2.88. The van der Waals surface area contributed by atoms with E-state index < -0.39 is 0 Å². The van der Waals surface area contributed by atoms with Gasteiger partial charge in [-0.25, -0.2) is 9.67 Å². The highest BCUT2D eigenvalue weighted by Crippen LogP contribution is 2.27. The number of hydrogen-bond acceptors (Lipinski definition) is 3. The molecule has 0 bridgehead atoms. The Labute approximate surface area is 110 Å². The quantitative estimate of drug-likeness (QED) is 0.844. The predicted octanol–water partition coefficient (Wildman–Crippen LogP) is 2.75. The van der Waals surface area contributed by atoms with Crippen LogP contribution in [0.5, 0.6) is 0 Å². The highest BCUT2D eigenvalue weighted by Gasteiger charge is 2.22. The fourth-order valence-corrected chi connectivity index (χ4v) is 3.09. The Balaban J connectivity index is 1.86. The molecule has 0 radical (unpaired) electrons. The van der Waals surface area contributed by atoms with Crippen LogP contribution in [0.1, 0.15) is 58.2 Å². The van der Waals surface area contributed by atoms with Gasteiger partial charge in [0.15, 0.2) is 0 Å². The van der Waals surface area contributed by atoms with E-state index in [-0.39, 0.29) is 0 Å². The lowest BCUT2D eigenvalue weighted by atomic mass is 9.83. The molecule has 0 aromatic carbocycles. The monoisotopic (exact) mass is 250 g/mol. The maximum Gasteiger partial charge on any atom is 0.140 e. The van der Waals surface area contributed by atoms with Crippen LogP contribution in [0.2, 0.25) is 0 Å². The third-order valence-corrected chi connectivity index (χ3v) is 4.18. The first-order valence-corrected chi connectivity index (χ1v) is 7.45. The maximum atomic E-state index is 4.33. The normalized spacial score (nSPS) is 19.0. The van der Waals surface area contributed by atoms with Crippen LogP contribution in [0, 0.1) is 5.92 Å². The fourth-order valence-electron chi connectivity index (χ4n) is 3.09. The van der Waals surface area contributed by atoms with Gasteiger partial charge in [0, 0.05) is 12.6 Å². The van der Waals surface area contributed by atoms with Crippen LogP contribution >= 0.6 is 0 Å². The van der Waals surface area contributed by atoms with Gasteiger partial charge in [-0.2, -0.15) is 5.10 Å². The highest BCUT2D eigenvalue weighted by molar-refractivity contribution is 4.86. The van der Waals surface area contributed by atoms with E-state index in [2.05, 4.69) is 29.2 Å². The first-order chi connectivity index (χ1) is 8.85. The molecule has 0 saturated heterocycles. The first kappa shape index (κ1) is 13.5. The molecule has 1 atom stereocenters. The van der Waals surface area contributed by atoms with Crippen LogP contribution in [-0.4, -0.2) is 20.8 Å². The molecule has 1 heterocycles. The van der Waals surface area contributed by atoms with Crippen molar-refractivity contribution in [2.45, 2.75) is 71.5 Å². The van der Waals surface area contributed by atoms with Gasteiger partial charge in [-0.1, -0.05) is 26.2 Å². The molecule has 1 N–H and O–H groups in total. The maximum absolute atomic E-state index is 4.33. The van der Waals surface area contributed by atoms with Gasteiger partial charge in [0.05, 0.1) is 6.54 Å². The smallest absolute Gasteiger partial charge is 0.140 e. The van der Waals surface area contributed by atoms with E-state index in [0.717, 1.165) is 24.8 Å². The van der Waals surface area contributed by atoms with Crippen molar-refractivity contribution in [3.05, 3.63) is 12.2 Å². The zero-order valence-corrected chi connectivity index (χ0v) is 11.7. The first-order valence-electron chi connectivity index (χ1n) is 7.45. The Morgan fingerprint density at radius 3 is 2.78 bits per heavy atom. The minimum atomic E-state index is 0.646. The summed E-state index contributed by atoms with van der Waals surface area (Å²) < 4.78 is 1.97. The summed E-state index contributed by atoms with van der Waals surface area (Å²) in [7, 11) is 0. The number of hydrogen-bond donors (Lipinski definition) is 1. The second-order valence-corrected chi connectivity index (χ2v) is 5.29. The summed E-state index contributed by atoms with van der Waals surface area (Å²) in [4.78, 5) is 4.33.